The van der Waals surface area contributed by atoms with Gasteiger partial charge in [0.05, 0.1) is 12.0 Å². The van der Waals surface area contributed by atoms with Crippen molar-refractivity contribution in [3.05, 3.63) is 0 Å². The van der Waals surface area contributed by atoms with Gasteiger partial charge in [0.25, 0.3) is 0 Å². The molecule has 1 fully saturated rings. The Bertz CT molecular complexity index is 184. The molecule has 2 unspecified atom stereocenters. The Kier molecular flexibility index (Phi) is 2.40. The summed E-state index contributed by atoms with van der Waals surface area (Å²) < 4.78 is 15.5. The van der Waals surface area contributed by atoms with Crippen LogP contribution in [-0.2, 0) is 14.3 Å². The average molecular weight is 176 g/mol. The minimum Gasteiger partial charge on any atom is -0.280 e. The van der Waals surface area contributed by atoms with E-state index in [1.54, 1.807) is 0 Å². The monoisotopic (exact) mass is 176 g/mol. The van der Waals surface area contributed by atoms with E-state index in [4.69, 9.17) is 10.6 Å². The summed E-state index contributed by atoms with van der Waals surface area (Å²) in [4.78, 5) is 0. The molecule has 0 aromatic carbocycles. The lowest BCUT2D eigenvalue weighted by Crippen LogP contribution is -2.28. The van der Waals surface area contributed by atoms with Crippen LogP contribution >= 0.6 is 10.8 Å². The molecule has 10 heavy (non-hydrogen) atoms. The topological polar surface area (TPSA) is 26.3 Å². The second-order valence-corrected chi connectivity index (χ2v) is 5.13. The third kappa shape index (κ3) is 1.75. The Morgan fingerprint density at radius 2 is 2.60 bits per heavy atom. The van der Waals surface area contributed by atoms with Crippen molar-refractivity contribution in [1.82, 2.24) is 0 Å². The molecule has 1 heterocycles. The molecule has 2 atom stereocenters. The van der Waals surface area contributed by atoms with Crippen LogP contribution in [0.15, 0.2) is 0 Å². The summed E-state index contributed by atoms with van der Waals surface area (Å²) in [7, 11) is 0.0898. The zero-order valence-corrected chi connectivity index (χ0v) is 7.26. The fourth-order valence-electron chi connectivity index (χ4n) is 0.515. The number of hydrogen-bond donors (Lipinski definition) is 0. The van der Waals surface area contributed by atoms with Crippen molar-refractivity contribution in [2.24, 2.45) is 5.41 Å². The summed E-state index contributed by atoms with van der Waals surface area (Å²) in [5, 5.41) is 0. The summed E-state index contributed by atoms with van der Waals surface area (Å²) in [6.07, 6.45) is 5.24. The number of hydrogen-bond acceptors (Lipinski definition) is 3. The molecular weight excluding hydrogens is 168 g/mol. The molecule has 0 aromatic heterocycles. The summed E-state index contributed by atoms with van der Waals surface area (Å²) in [6.45, 7) is 2.33. The van der Waals surface area contributed by atoms with Crippen molar-refractivity contribution in [3.63, 3.8) is 0 Å². The van der Waals surface area contributed by atoms with Gasteiger partial charge in [-0.25, -0.2) is 4.21 Å². The first-order chi connectivity index (χ1) is 4.66. The Balaban J connectivity index is 2.56. The molecule has 0 amide bonds. The van der Waals surface area contributed by atoms with E-state index in [9.17, 15) is 4.21 Å². The SMILES string of the molecule is C#CC1(C)COS(=O)SC1. The van der Waals surface area contributed by atoms with Gasteiger partial charge in [-0.3, -0.25) is 4.18 Å². The molecule has 1 rings (SSSR count). The van der Waals surface area contributed by atoms with Crippen LogP contribution in [0.5, 0.6) is 0 Å². The quantitative estimate of drug-likeness (QED) is 0.406. The van der Waals surface area contributed by atoms with E-state index in [2.05, 4.69) is 5.92 Å². The van der Waals surface area contributed by atoms with Gasteiger partial charge in [-0.15, -0.1) is 6.42 Å². The second-order valence-electron chi connectivity index (χ2n) is 2.43. The van der Waals surface area contributed by atoms with Crippen LogP contribution in [0.25, 0.3) is 0 Å². The second kappa shape index (κ2) is 2.95. The van der Waals surface area contributed by atoms with Crippen LogP contribution in [0.4, 0.5) is 0 Å². The van der Waals surface area contributed by atoms with Crippen molar-refractivity contribution >= 4 is 20.9 Å². The average Bonchev–Trinajstić information content (AvgIpc) is 1.96. The predicted octanol–water partition coefficient (Wildman–Crippen LogP) is 0.968. The molecule has 0 N–H and O–H groups in total. The highest BCUT2D eigenvalue weighted by molar-refractivity contribution is 8.67. The van der Waals surface area contributed by atoms with Crippen molar-refractivity contribution in [1.29, 1.82) is 0 Å². The molecule has 2 nitrogen and oxygen atoms in total. The molecule has 1 aliphatic heterocycles. The molecule has 0 aromatic rings. The van der Waals surface area contributed by atoms with Gasteiger partial charge in [-0.05, 0) is 17.7 Å². The third-order valence-corrected chi connectivity index (χ3v) is 3.77. The lowest BCUT2D eigenvalue weighted by molar-refractivity contribution is 0.253. The van der Waals surface area contributed by atoms with Gasteiger partial charge in [0, 0.05) is 5.75 Å². The van der Waals surface area contributed by atoms with Gasteiger partial charge in [-0.2, -0.15) is 0 Å². The van der Waals surface area contributed by atoms with Crippen molar-refractivity contribution < 1.29 is 8.39 Å². The Morgan fingerprint density at radius 3 is 3.00 bits per heavy atom. The van der Waals surface area contributed by atoms with Crippen LogP contribution in [0.1, 0.15) is 6.92 Å². The van der Waals surface area contributed by atoms with E-state index in [1.165, 1.54) is 10.8 Å². The smallest absolute Gasteiger partial charge is 0.219 e. The lowest BCUT2D eigenvalue weighted by Gasteiger charge is -2.25. The van der Waals surface area contributed by atoms with Crippen LogP contribution in [0.2, 0.25) is 0 Å². The van der Waals surface area contributed by atoms with Crippen molar-refractivity contribution in [3.8, 4) is 12.3 Å². The third-order valence-electron chi connectivity index (χ3n) is 1.30. The van der Waals surface area contributed by atoms with Gasteiger partial charge >= 0.3 is 0 Å². The summed E-state index contributed by atoms with van der Waals surface area (Å²) in [6, 6.07) is 0. The minimum absolute atomic E-state index is 0.224. The number of terminal acetylenes is 1. The van der Waals surface area contributed by atoms with Gasteiger partial charge in [0.15, 0.2) is 0 Å². The normalized spacial score (nSPS) is 40.6. The summed E-state index contributed by atoms with van der Waals surface area (Å²) in [5.74, 6) is 3.34. The maximum Gasteiger partial charge on any atom is 0.219 e. The van der Waals surface area contributed by atoms with E-state index in [0.29, 0.717) is 6.61 Å². The molecule has 4 heteroatoms. The molecule has 1 saturated heterocycles. The molecular formula is C6H8O2S2. The molecule has 56 valence electrons. The van der Waals surface area contributed by atoms with Crippen molar-refractivity contribution in [2.75, 3.05) is 12.4 Å². The molecule has 0 saturated carbocycles. The number of rotatable bonds is 0. The zero-order valence-electron chi connectivity index (χ0n) is 5.62. The van der Waals surface area contributed by atoms with Crippen LogP contribution in [-0.4, -0.2) is 16.6 Å². The van der Waals surface area contributed by atoms with Gasteiger partial charge in [0.2, 0.25) is 10.1 Å². The van der Waals surface area contributed by atoms with E-state index in [-0.39, 0.29) is 5.41 Å². The summed E-state index contributed by atoms with van der Waals surface area (Å²) in [5.41, 5.74) is -0.224. The first-order valence-corrected chi connectivity index (χ1v) is 5.40. The standard InChI is InChI=1S/C6H8O2S2/c1-3-6(2)4-8-10(7)9-5-6/h1H,4-5H2,2H3. The fourth-order valence-corrected chi connectivity index (χ4v) is 2.88. The molecule has 0 radical (unpaired) electrons. The van der Waals surface area contributed by atoms with Gasteiger partial charge < -0.3 is 0 Å². The Morgan fingerprint density at radius 1 is 1.90 bits per heavy atom. The van der Waals surface area contributed by atoms with E-state index in [1.807, 2.05) is 6.92 Å². The lowest BCUT2D eigenvalue weighted by atomic mass is 9.96. The first-order valence-electron chi connectivity index (χ1n) is 2.82. The molecule has 0 spiro atoms. The first kappa shape index (κ1) is 8.12. The molecule has 0 aliphatic carbocycles. The maximum atomic E-state index is 10.7. The molecule has 0 bridgehead atoms. The zero-order chi connectivity index (χ0) is 7.61. The van der Waals surface area contributed by atoms with Crippen LogP contribution < -0.4 is 0 Å². The highest BCUT2D eigenvalue weighted by Gasteiger charge is 2.29. The largest absolute Gasteiger partial charge is 0.280 e. The molecule has 1 aliphatic rings. The van der Waals surface area contributed by atoms with Crippen LogP contribution in [0, 0.1) is 17.8 Å². The van der Waals surface area contributed by atoms with Gasteiger partial charge in [-0.1, -0.05) is 5.92 Å². The fraction of sp³-hybridized carbons (Fsp3) is 0.667. The summed E-state index contributed by atoms with van der Waals surface area (Å²) >= 11 is 0. The van der Waals surface area contributed by atoms with E-state index >= 15 is 0 Å². The highest BCUT2D eigenvalue weighted by atomic mass is 33.1. The Labute approximate surface area is 66.8 Å². The Hall–Kier alpha value is 0.0200. The van der Waals surface area contributed by atoms with Crippen LogP contribution in [0.3, 0.4) is 0 Å². The van der Waals surface area contributed by atoms with Crippen molar-refractivity contribution in [2.45, 2.75) is 6.92 Å². The minimum atomic E-state index is -1.17. The van der Waals surface area contributed by atoms with Gasteiger partial charge in [0.1, 0.15) is 0 Å². The van der Waals surface area contributed by atoms with E-state index in [0.717, 1.165) is 5.75 Å². The van der Waals surface area contributed by atoms with E-state index < -0.39 is 10.1 Å². The maximum absolute atomic E-state index is 10.7. The highest BCUT2D eigenvalue weighted by Crippen LogP contribution is 2.30. The predicted molar refractivity (Wildman–Crippen MR) is 43.5 cm³/mol.